The van der Waals surface area contributed by atoms with Gasteiger partial charge in [0.25, 0.3) is 0 Å². The van der Waals surface area contributed by atoms with Gasteiger partial charge in [-0.15, -0.1) is 10.2 Å². The molecule has 0 amide bonds. The molecule has 0 fully saturated rings. The third-order valence-corrected chi connectivity index (χ3v) is 5.81. The van der Waals surface area contributed by atoms with E-state index in [9.17, 15) is 8.42 Å². The monoisotopic (exact) mass is 399 g/mol. The number of nitrogens with one attached hydrogen (secondary N) is 1. The number of ether oxygens (including phenoxy) is 1. The molecule has 10 heteroatoms. The Kier molecular flexibility index (Phi) is 4.46. The molecular formula is C18H17N5O4S. The highest BCUT2D eigenvalue weighted by Crippen LogP contribution is 2.32. The molecule has 0 bridgehead atoms. The molecule has 0 unspecified atom stereocenters. The Bertz CT molecular complexity index is 1300. The summed E-state index contributed by atoms with van der Waals surface area (Å²) < 4.78 is 33.6. The second-order valence-corrected chi connectivity index (χ2v) is 7.82. The number of aliphatic hydroxyl groups excluding tert-OH is 1. The van der Waals surface area contributed by atoms with Gasteiger partial charge in [0.1, 0.15) is 12.5 Å². The maximum Gasteiger partial charge on any atom is 0.242 e. The molecule has 0 radical (unpaired) electrons. The van der Waals surface area contributed by atoms with Crippen LogP contribution in [0, 0.1) is 6.92 Å². The van der Waals surface area contributed by atoms with E-state index in [1.54, 1.807) is 4.52 Å². The first-order chi connectivity index (χ1) is 13.5. The molecule has 2 heterocycles. The Balaban J connectivity index is 2.00. The SMILES string of the molecule is COc1ccc(S(=O)(=O)NCO)cc1-c1nnc2c3ccccc3c(C)nn12. The maximum atomic E-state index is 12.3. The van der Waals surface area contributed by atoms with Crippen molar-refractivity contribution in [1.82, 2.24) is 24.5 Å². The number of rotatable bonds is 5. The second kappa shape index (κ2) is 6.82. The van der Waals surface area contributed by atoms with Crippen LogP contribution in [-0.4, -0.2) is 47.2 Å². The van der Waals surface area contributed by atoms with Crippen LogP contribution >= 0.6 is 0 Å². The lowest BCUT2D eigenvalue weighted by molar-refractivity contribution is 0.288. The molecule has 2 N–H and O–H groups in total. The molecule has 28 heavy (non-hydrogen) atoms. The van der Waals surface area contributed by atoms with E-state index in [1.807, 2.05) is 35.9 Å². The molecule has 0 atom stereocenters. The molecule has 9 nitrogen and oxygen atoms in total. The van der Waals surface area contributed by atoms with Crippen molar-refractivity contribution < 1.29 is 18.3 Å². The highest BCUT2D eigenvalue weighted by molar-refractivity contribution is 7.89. The van der Waals surface area contributed by atoms with Gasteiger partial charge in [-0.1, -0.05) is 24.3 Å². The van der Waals surface area contributed by atoms with E-state index in [0.29, 0.717) is 22.8 Å². The Morgan fingerprint density at radius 1 is 1.14 bits per heavy atom. The first kappa shape index (κ1) is 18.3. The van der Waals surface area contributed by atoms with Crippen molar-refractivity contribution >= 4 is 26.4 Å². The van der Waals surface area contributed by atoms with E-state index in [0.717, 1.165) is 16.5 Å². The number of nitrogens with zero attached hydrogens (tertiary/aromatic N) is 4. The Labute approximate surface area is 160 Å². The number of sulfonamides is 1. The minimum absolute atomic E-state index is 0.0355. The summed E-state index contributed by atoms with van der Waals surface area (Å²) in [4.78, 5) is -0.0355. The molecule has 4 aromatic rings. The van der Waals surface area contributed by atoms with Crippen LogP contribution in [0.5, 0.6) is 5.75 Å². The number of aliphatic hydroxyl groups is 1. The van der Waals surface area contributed by atoms with Crippen LogP contribution < -0.4 is 9.46 Å². The summed E-state index contributed by atoms with van der Waals surface area (Å²) in [6.45, 7) is 1.18. The average molecular weight is 399 g/mol. The highest BCUT2D eigenvalue weighted by Gasteiger charge is 2.21. The molecule has 144 valence electrons. The van der Waals surface area contributed by atoms with E-state index >= 15 is 0 Å². The van der Waals surface area contributed by atoms with Crippen molar-refractivity contribution in [1.29, 1.82) is 0 Å². The lowest BCUT2D eigenvalue weighted by Crippen LogP contribution is -2.24. The molecule has 0 saturated carbocycles. The quantitative estimate of drug-likeness (QED) is 0.488. The summed E-state index contributed by atoms with van der Waals surface area (Å²) in [5.41, 5.74) is 1.76. The molecule has 0 aliphatic carbocycles. The van der Waals surface area contributed by atoms with Gasteiger partial charge < -0.3 is 9.84 Å². The number of aromatic nitrogens is 4. The second-order valence-electron chi connectivity index (χ2n) is 6.06. The number of benzene rings is 2. The number of methoxy groups -OCH3 is 1. The van der Waals surface area contributed by atoms with Crippen LogP contribution in [-0.2, 0) is 10.0 Å². The van der Waals surface area contributed by atoms with Gasteiger partial charge in [0, 0.05) is 10.8 Å². The lowest BCUT2D eigenvalue weighted by Gasteiger charge is -2.11. The lowest BCUT2D eigenvalue weighted by atomic mass is 10.1. The number of aryl methyl sites for hydroxylation is 1. The van der Waals surface area contributed by atoms with Gasteiger partial charge in [-0.05, 0) is 25.1 Å². The zero-order valence-corrected chi connectivity index (χ0v) is 15.9. The molecule has 4 rings (SSSR count). The summed E-state index contributed by atoms with van der Waals surface area (Å²) in [5.74, 6) is 0.770. The minimum atomic E-state index is -3.88. The first-order valence-corrected chi connectivity index (χ1v) is 9.84. The number of fused-ring (bicyclic) bond motifs is 3. The zero-order valence-electron chi connectivity index (χ0n) is 15.1. The van der Waals surface area contributed by atoms with Crippen molar-refractivity contribution in [3.63, 3.8) is 0 Å². The van der Waals surface area contributed by atoms with Crippen molar-refractivity contribution in [2.75, 3.05) is 13.8 Å². The summed E-state index contributed by atoms with van der Waals surface area (Å²) in [7, 11) is -2.40. The smallest absolute Gasteiger partial charge is 0.242 e. The third-order valence-electron chi connectivity index (χ3n) is 4.43. The molecule has 0 aliphatic rings. The van der Waals surface area contributed by atoms with E-state index < -0.39 is 16.8 Å². The number of hydrogen-bond donors (Lipinski definition) is 2. The Morgan fingerprint density at radius 3 is 2.61 bits per heavy atom. The fourth-order valence-corrected chi connectivity index (χ4v) is 3.96. The van der Waals surface area contributed by atoms with Crippen LogP contribution in [0.15, 0.2) is 47.4 Å². The first-order valence-electron chi connectivity index (χ1n) is 8.36. The van der Waals surface area contributed by atoms with Crippen molar-refractivity contribution in [2.45, 2.75) is 11.8 Å². The van der Waals surface area contributed by atoms with Crippen LogP contribution in [0.4, 0.5) is 0 Å². The molecule has 2 aromatic heterocycles. The predicted octanol–water partition coefficient (Wildman–Crippen LogP) is 1.49. The Morgan fingerprint density at radius 2 is 1.89 bits per heavy atom. The topological polar surface area (TPSA) is 119 Å². The number of hydrogen-bond acceptors (Lipinski definition) is 7. The van der Waals surface area contributed by atoms with E-state index in [1.165, 1.54) is 25.3 Å². The van der Waals surface area contributed by atoms with Crippen molar-refractivity contribution in [2.24, 2.45) is 0 Å². The van der Waals surface area contributed by atoms with Crippen LogP contribution in [0.2, 0.25) is 0 Å². The Hall–Kier alpha value is -3.08. The van der Waals surface area contributed by atoms with Crippen molar-refractivity contribution in [3.05, 3.63) is 48.2 Å². The van der Waals surface area contributed by atoms with Gasteiger partial charge >= 0.3 is 0 Å². The molecule has 0 aliphatic heterocycles. The summed E-state index contributed by atoms with van der Waals surface area (Å²) in [6.07, 6.45) is 0. The molecule has 0 saturated heterocycles. The fraction of sp³-hybridized carbons (Fsp3) is 0.167. The largest absolute Gasteiger partial charge is 0.496 e. The van der Waals surface area contributed by atoms with E-state index in [4.69, 9.17) is 9.84 Å². The standard InChI is InChI=1S/C18H17N5O4S/c1-11-13-5-3-4-6-14(13)17-20-21-18(23(17)22-11)15-9-12(7-8-16(15)27-2)28(25,26)19-10-24/h3-9,19,24H,10H2,1-2H3. The fourth-order valence-electron chi connectivity index (χ4n) is 3.11. The molecular weight excluding hydrogens is 382 g/mol. The van der Waals surface area contributed by atoms with Crippen molar-refractivity contribution in [3.8, 4) is 17.1 Å². The highest BCUT2D eigenvalue weighted by atomic mass is 32.2. The van der Waals surface area contributed by atoms with E-state index in [-0.39, 0.29) is 4.90 Å². The molecule has 0 spiro atoms. The van der Waals surface area contributed by atoms with Gasteiger partial charge in [-0.25, -0.2) is 8.42 Å². The van der Waals surface area contributed by atoms with Gasteiger partial charge in [-0.3, -0.25) is 0 Å². The van der Waals surface area contributed by atoms with Gasteiger partial charge in [0.15, 0.2) is 11.5 Å². The van der Waals surface area contributed by atoms with Crippen LogP contribution in [0.1, 0.15) is 5.69 Å². The van der Waals surface area contributed by atoms with Gasteiger partial charge in [0.05, 0.1) is 23.3 Å². The molecule has 2 aromatic carbocycles. The van der Waals surface area contributed by atoms with Gasteiger partial charge in [-0.2, -0.15) is 14.3 Å². The zero-order chi connectivity index (χ0) is 19.9. The maximum absolute atomic E-state index is 12.3. The van der Waals surface area contributed by atoms with Gasteiger partial charge in [0.2, 0.25) is 10.0 Å². The normalized spacial score (nSPS) is 12.0. The van der Waals surface area contributed by atoms with Crippen LogP contribution in [0.3, 0.4) is 0 Å². The average Bonchev–Trinajstić information content (AvgIpc) is 3.11. The predicted molar refractivity (Wildman–Crippen MR) is 102 cm³/mol. The summed E-state index contributed by atoms with van der Waals surface area (Å²) >= 11 is 0. The van der Waals surface area contributed by atoms with E-state index in [2.05, 4.69) is 15.3 Å². The summed E-state index contributed by atoms with van der Waals surface area (Å²) in [5, 5.41) is 23.9. The summed E-state index contributed by atoms with van der Waals surface area (Å²) in [6, 6.07) is 12.1. The minimum Gasteiger partial charge on any atom is -0.496 e. The van der Waals surface area contributed by atoms with Crippen LogP contribution in [0.25, 0.3) is 27.8 Å². The third kappa shape index (κ3) is 2.87.